The average Bonchev–Trinajstić information content (AvgIpc) is 2.42. The van der Waals surface area contributed by atoms with E-state index in [0.29, 0.717) is 19.0 Å². The van der Waals surface area contributed by atoms with Gasteiger partial charge in [0.15, 0.2) is 0 Å². The molecule has 0 bridgehead atoms. The van der Waals surface area contributed by atoms with E-state index < -0.39 is 10.0 Å². The Bertz CT molecular complexity index is 458. The minimum atomic E-state index is -3.66. The Balaban J connectivity index is 2.58. The van der Waals surface area contributed by atoms with E-state index in [-0.39, 0.29) is 11.5 Å². The van der Waals surface area contributed by atoms with Gasteiger partial charge in [0.1, 0.15) is 5.75 Å². The molecule has 0 saturated heterocycles. The van der Waals surface area contributed by atoms with Crippen molar-refractivity contribution in [3.63, 3.8) is 0 Å². The van der Waals surface area contributed by atoms with Crippen molar-refractivity contribution in [1.29, 1.82) is 0 Å². The summed E-state index contributed by atoms with van der Waals surface area (Å²) in [6.45, 7) is 3.06. The average molecular weight is 289 g/mol. The van der Waals surface area contributed by atoms with E-state index >= 15 is 0 Å². The third-order valence-electron chi connectivity index (χ3n) is 2.17. The van der Waals surface area contributed by atoms with Crippen molar-refractivity contribution in [3.8, 4) is 5.75 Å². The number of hydrogen-bond donors (Lipinski definition) is 1. The second-order valence-corrected chi connectivity index (χ2v) is 5.39. The predicted molar refractivity (Wildman–Crippen MR) is 70.4 cm³/mol. The van der Waals surface area contributed by atoms with Gasteiger partial charge in [-0.2, -0.15) is 0 Å². The number of methoxy groups -OCH3 is 1. The Labute approximate surface area is 113 Å². The SMILES string of the molecule is CCCOc1ccc(S(=O)(=O)NOCCOC)cc1. The largest absolute Gasteiger partial charge is 0.494 e. The summed E-state index contributed by atoms with van der Waals surface area (Å²) in [4.78, 5) is 6.94. The highest BCUT2D eigenvalue weighted by atomic mass is 32.2. The van der Waals surface area contributed by atoms with Crippen LogP contribution in [0.15, 0.2) is 29.2 Å². The maximum absolute atomic E-state index is 11.8. The summed E-state index contributed by atoms with van der Waals surface area (Å²) in [5.41, 5.74) is 0. The maximum Gasteiger partial charge on any atom is 0.262 e. The number of ether oxygens (including phenoxy) is 2. The number of sulfonamides is 1. The van der Waals surface area contributed by atoms with Crippen LogP contribution in [0.25, 0.3) is 0 Å². The molecule has 0 radical (unpaired) electrons. The zero-order valence-electron chi connectivity index (χ0n) is 11.1. The smallest absolute Gasteiger partial charge is 0.262 e. The summed E-state index contributed by atoms with van der Waals surface area (Å²) in [6.07, 6.45) is 0.898. The molecule has 0 unspecified atom stereocenters. The first-order valence-corrected chi connectivity index (χ1v) is 7.44. The van der Waals surface area contributed by atoms with Crippen LogP contribution in [0.2, 0.25) is 0 Å². The number of benzene rings is 1. The molecule has 0 atom stereocenters. The summed E-state index contributed by atoms with van der Waals surface area (Å²) in [5, 5.41) is 0. The highest BCUT2D eigenvalue weighted by Crippen LogP contribution is 2.15. The third-order valence-corrected chi connectivity index (χ3v) is 3.40. The second kappa shape index (κ2) is 8.11. The fourth-order valence-electron chi connectivity index (χ4n) is 1.23. The normalized spacial score (nSPS) is 11.5. The lowest BCUT2D eigenvalue weighted by molar-refractivity contribution is 0.0438. The molecule has 0 aliphatic carbocycles. The van der Waals surface area contributed by atoms with Crippen LogP contribution in [0.4, 0.5) is 0 Å². The summed E-state index contributed by atoms with van der Waals surface area (Å²) < 4.78 is 33.7. The molecule has 0 aliphatic heterocycles. The quantitative estimate of drug-likeness (QED) is 0.548. The van der Waals surface area contributed by atoms with Gasteiger partial charge in [0, 0.05) is 7.11 Å². The molecule has 0 aromatic heterocycles. The zero-order chi connectivity index (χ0) is 14.1. The summed E-state index contributed by atoms with van der Waals surface area (Å²) in [5.74, 6) is 0.640. The summed E-state index contributed by atoms with van der Waals surface area (Å²) in [6, 6.07) is 6.15. The molecule has 0 aliphatic rings. The standard InChI is InChI=1S/C12H19NO5S/c1-3-8-17-11-4-6-12(7-5-11)19(14,15)13-18-10-9-16-2/h4-7,13H,3,8-10H2,1-2H3. The van der Waals surface area contributed by atoms with E-state index in [1.807, 2.05) is 11.8 Å². The van der Waals surface area contributed by atoms with Gasteiger partial charge in [0.25, 0.3) is 10.0 Å². The van der Waals surface area contributed by atoms with E-state index in [1.54, 1.807) is 12.1 Å². The van der Waals surface area contributed by atoms with Crippen LogP contribution in [0.3, 0.4) is 0 Å². The van der Waals surface area contributed by atoms with Crippen molar-refractivity contribution in [2.75, 3.05) is 26.9 Å². The summed E-state index contributed by atoms with van der Waals surface area (Å²) in [7, 11) is -2.15. The molecule has 1 rings (SSSR count). The number of rotatable bonds is 9. The molecule has 108 valence electrons. The lowest BCUT2D eigenvalue weighted by Crippen LogP contribution is -2.25. The highest BCUT2D eigenvalue weighted by Gasteiger charge is 2.13. The van der Waals surface area contributed by atoms with Gasteiger partial charge in [-0.3, -0.25) is 4.84 Å². The lowest BCUT2D eigenvalue weighted by Gasteiger charge is -2.08. The molecule has 1 aromatic carbocycles. The Morgan fingerprint density at radius 2 is 1.79 bits per heavy atom. The van der Waals surface area contributed by atoms with Crippen LogP contribution in [-0.4, -0.2) is 35.3 Å². The number of hydrogen-bond acceptors (Lipinski definition) is 5. The van der Waals surface area contributed by atoms with E-state index in [9.17, 15) is 8.42 Å². The molecule has 19 heavy (non-hydrogen) atoms. The maximum atomic E-state index is 11.8. The molecule has 0 fully saturated rings. The van der Waals surface area contributed by atoms with Crippen LogP contribution in [0.1, 0.15) is 13.3 Å². The first-order chi connectivity index (χ1) is 9.10. The van der Waals surface area contributed by atoms with Crippen molar-refractivity contribution in [1.82, 2.24) is 4.89 Å². The van der Waals surface area contributed by atoms with Gasteiger partial charge in [-0.15, -0.1) is 0 Å². The van der Waals surface area contributed by atoms with Gasteiger partial charge in [0.2, 0.25) is 0 Å². The van der Waals surface area contributed by atoms with Crippen molar-refractivity contribution >= 4 is 10.0 Å². The van der Waals surface area contributed by atoms with Crippen LogP contribution in [-0.2, 0) is 19.6 Å². The van der Waals surface area contributed by atoms with Gasteiger partial charge >= 0.3 is 0 Å². The molecule has 0 spiro atoms. The van der Waals surface area contributed by atoms with Crippen molar-refractivity contribution in [2.24, 2.45) is 0 Å². The molecule has 0 amide bonds. The van der Waals surface area contributed by atoms with Crippen LogP contribution in [0, 0.1) is 0 Å². The molecule has 7 heteroatoms. The molecule has 1 aromatic rings. The van der Waals surface area contributed by atoms with Crippen LogP contribution >= 0.6 is 0 Å². The molecule has 6 nitrogen and oxygen atoms in total. The van der Waals surface area contributed by atoms with Gasteiger partial charge in [-0.05, 0) is 30.7 Å². The van der Waals surface area contributed by atoms with Gasteiger partial charge in [-0.25, -0.2) is 8.42 Å². The first kappa shape index (κ1) is 15.9. The minimum Gasteiger partial charge on any atom is -0.494 e. The van der Waals surface area contributed by atoms with Crippen LogP contribution in [0.5, 0.6) is 5.75 Å². The van der Waals surface area contributed by atoms with E-state index in [4.69, 9.17) is 14.3 Å². The Kier molecular flexibility index (Phi) is 6.79. The molecular formula is C12H19NO5S. The highest BCUT2D eigenvalue weighted by molar-refractivity contribution is 7.89. The number of nitrogens with one attached hydrogen (secondary N) is 1. The minimum absolute atomic E-state index is 0.119. The van der Waals surface area contributed by atoms with Crippen LogP contribution < -0.4 is 9.62 Å². The Morgan fingerprint density at radius 3 is 2.37 bits per heavy atom. The van der Waals surface area contributed by atoms with Crippen molar-refractivity contribution in [2.45, 2.75) is 18.2 Å². The van der Waals surface area contributed by atoms with E-state index in [1.165, 1.54) is 19.2 Å². The fraction of sp³-hybridized carbons (Fsp3) is 0.500. The van der Waals surface area contributed by atoms with Gasteiger partial charge < -0.3 is 9.47 Å². The van der Waals surface area contributed by atoms with Gasteiger partial charge in [-0.1, -0.05) is 11.8 Å². The summed E-state index contributed by atoms with van der Waals surface area (Å²) >= 11 is 0. The Hall–Kier alpha value is -1.15. The molecule has 0 heterocycles. The molecular weight excluding hydrogens is 270 g/mol. The first-order valence-electron chi connectivity index (χ1n) is 5.95. The Morgan fingerprint density at radius 1 is 1.11 bits per heavy atom. The predicted octanol–water partition coefficient (Wildman–Crippen LogP) is 1.33. The van der Waals surface area contributed by atoms with Crippen molar-refractivity contribution in [3.05, 3.63) is 24.3 Å². The van der Waals surface area contributed by atoms with Gasteiger partial charge in [0.05, 0.1) is 24.7 Å². The van der Waals surface area contributed by atoms with E-state index in [2.05, 4.69) is 0 Å². The topological polar surface area (TPSA) is 73.9 Å². The molecule has 0 saturated carbocycles. The third kappa shape index (κ3) is 5.56. The zero-order valence-corrected chi connectivity index (χ0v) is 11.9. The van der Waals surface area contributed by atoms with Crippen molar-refractivity contribution < 1.29 is 22.7 Å². The van der Waals surface area contributed by atoms with E-state index in [0.717, 1.165) is 6.42 Å². The lowest BCUT2D eigenvalue weighted by atomic mass is 10.3. The monoisotopic (exact) mass is 289 g/mol. The fourth-order valence-corrected chi connectivity index (χ4v) is 2.06. The second-order valence-electron chi connectivity index (χ2n) is 3.75. The molecule has 1 N–H and O–H groups in total.